The molecule has 0 radical (unpaired) electrons. The van der Waals surface area contributed by atoms with E-state index in [0.717, 1.165) is 11.4 Å². The van der Waals surface area contributed by atoms with Crippen LogP contribution in [0.25, 0.3) is 0 Å². The summed E-state index contributed by atoms with van der Waals surface area (Å²) in [5.74, 6) is 5.61. The minimum Gasteiger partial charge on any atom is -0.270 e. The smallest absolute Gasteiger partial charge is 0.107 e. The van der Waals surface area contributed by atoms with E-state index in [4.69, 9.17) is 17.4 Å². The normalized spacial score (nSPS) is 13.2. The molecule has 0 bridgehead atoms. The zero-order valence-corrected chi connectivity index (χ0v) is 11.2. The number of hydrogen-bond acceptors (Lipinski definition) is 5. The van der Waals surface area contributed by atoms with Crippen LogP contribution in [-0.2, 0) is 0 Å². The van der Waals surface area contributed by atoms with Crippen molar-refractivity contribution in [2.24, 2.45) is 5.84 Å². The number of aromatic nitrogens is 3. The van der Waals surface area contributed by atoms with Crippen LogP contribution in [0.2, 0.25) is 5.02 Å². The van der Waals surface area contributed by atoms with Crippen LogP contribution in [0, 0.1) is 0 Å². The number of nitrogens with one attached hydrogen (secondary N) is 1. The largest absolute Gasteiger partial charge is 0.270 e. The van der Waals surface area contributed by atoms with E-state index in [1.54, 1.807) is 11.7 Å². The van der Waals surface area contributed by atoms with Crippen LogP contribution in [0.5, 0.6) is 0 Å². The number of hydrazine groups is 1. The van der Waals surface area contributed by atoms with Crippen LogP contribution in [-0.4, -0.2) is 14.8 Å². The molecular formula is C10H14ClN5S. The Balaban J connectivity index is 2.47. The summed E-state index contributed by atoms with van der Waals surface area (Å²) in [5, 5.41) is 6.79. The van der Waals surface area contributed by atoms with Gasteiger partial charge in [-0.05, 0) is 13.8 Å². The molecule has 0 saturated carbocycles. The zero-order valence-electron chi connectivity index (χ0n) is 9.59. The summed E-state index contributed by atoms with van der Waals surface area (Å²) in [6, 6.07) is -0.0226. The van der Waals surface area contributed by atoms with Gasteiger partial charge in [-0.25, -0.2) is 10.4 Å². The Morgan fingerprint density at radius 3 is 2.82 bits per heavy atom. The molecule has 1 unspecified atom stereocenters. The molecule has 2 aromatic heterocycles. The Kier molecular flexibility index (Phi) is 3.78. The lowest BCUT2D eigenvalue weighted by Crippen LogP contribution is -2.31. The van der Waals surface area contributed by atoms with Gasteiger partial charge in [0, 0.05) is 11.4 Å². The SMILES string of the molecule is CC(C)n1ncc(Cl)c1C(NN)c1cscn1. The summed E-state index contributed by atoms with van der Waals surface area (Å²) in [6.45, 7) is 4.09. The standard InChI is InChI=1S/C10H14ClN5S/c1-6(2)16-10(7(11)3-14-16)9(15-12)8-4-17-5-13-8/h3-6,9,15H,12H2,1-2H3. The summed E-state index contributed by atoms with van der Waals surface area (Å²) >= 11 is 7.70. The molecule has 1 atom stereocenters. The molecule has 0 fully saturated rings. The molecule has 2 heterocycles. The summed E-state index contributed by atoms with van der Waals surface area (Å²) in [4.78, 5) is 4.26. The number of rotatable bonds is 4. The van der Waals surface area contributed by atoms with E-state index < -0.39 is 0 Å². The summed E-state index contributed by atoms with van der Waals surface area (Å²) in [5.41, 5.74) is 6.20. The fraction of sp³-hybridized carbons (Fsp3) is 0.400. The van der Waals surface area contributed by atoms with Gasteiger partial charge in [0.05, 0.1) is 28.1 Å². The van der Waals surface area contributed by atoms with Crippen LogP contribution in [0.3, 0.4) is 0 Å². The topological polar surface area (TPSA) is 68.8 Å². The van der Waals surface area contributed by atoms with Gasteiger partial charge in [-0.1, -0.05) is 11.6 Å². The monoisotopic (exact) mass is 271 g/mol. The Bertz CT molecular complexity index is 479. The van der Waals surface area contributed by atoms with Gasteiger partial charge in [-0.15, -0.1) is 11.3 Å². The molecular weight excluding hydrogens is 258 g/mol. The van der Waals surface area contributed by atoms with Gasteiger partial charge in [0.25, 0.3) is 0 Å². The second kappa shape index (κ2) is 5.14. The van der Waals surface area contributed by atoms with Gasteiger partial charge in [-0.3, -0.25) is 10.5 Å². The number of thiazole rings is 1. The summed E-state index contributed by atoms with van der Waals surface area (Å²) in [6.07, 6.45) is 1.63. The molecule has 0 spiro atoms. The highest BCUT2D eigenvalue weighted by Gasteiger charge is 2.23. The first-order valence-electron chi connectivity index (χ1n) is 5.22. The van der Waals surface area contributed by atoms with Crippen LogP contribution < -0.4 is 11.3 Å². The van der Waals surface area contributed by atoms with Gasteiger partial charge >= 0.3 is 0 Å². The van der Waals surface area contributed by atoms with Crippen LogP contribution in [0.15, 0.2) is 17.1 Å². The minimum atomic E-state index is -0.237. The maximum Gasteiger partial charge on any atom is 0.107 e. The predicted molar refractivity (Wildman–Crippen MR) is 68.9 cm³/mol. The first kappa shape index (κ1) is 12.5. The molecule has 0 amide bonds. The molecule has 0 aliphatic rings. The molecule has 0 aliphatic heterocycles. The fourth-order valence-electron chi connectivity index (χ4n) is 1.70. The number of hydrogen-bond donors (Lipinski definition) is 2. The van der Waals surface area contributed by atoms with Gasteiger partial charge in [0.1, 0.15) is 6.04 Å². The lowest BCUT2D eigenvalue weighted by atomic mass is 10.1. The third kappa shape index (κ3) is 2.35. The number of nitrogens with two attached hydrogens (primary N) is 1. The predicted octanol–water partition coefficient (Wildman–Crippen LogP) is 2.13. The van der Waals surface area contributed by atoms with E-state index in [2.05, 4.69) is 15.5 Å². The second-order valence-electron chi connectivity index (χ2n) is 3.93. The van der Waals surface area contributed by atoms with Crippen LogP contribution >= 0.6 is 22.9 Å². The van der Waals surface area contributed by atoms with Crippen molar-refractivity contribution in [3.63, 3.8) is 0 Å². The summed E-state index contributed by atoms with van der Waals surface area (Å²) < 4.78 is 1.85. The van der Waals surface area contributed by atoms with Crippen molar-refractivity contribution in [3.05, 3.63) is 33.5 Å². The minimum absolute atomic E-state index is 0.215. The molecule has 3 N–H and O–H groups in total. The molecule has 2 rings (SSSR count). The van der Waals surface area contributed by atoms with Gasteiger partial charge in [0.2, 0.25) is 0 Å². The van der Waals surface area contributed by atoms with Gasteiger partial charge in [0.15, 0.2) is 0 Å². The van der Waals surface area contributed by atoms with Crippen molar-refractivity contribution in [2.75, 3.05) is 0 Å². The maximum absolute atomic E-state index is 6.18. The van der Waals surface area contributed by atoms with E-state index >= 15 is 0 Å². The lowest BCUT2D eigenvalue weighted by Gasteiger charge is -2.18. The number of halogens is 1. The van der Waals surface area contributed by atoms with E-state index in [0.29, 0.717) is 5.02 Å². The molecule has 0 aromatic carbocycles. The Labute approximate surface area is 109 Å². The molecule has 5 nitrogen and oxygen atoms in total. The molecule has 2 aromatic rings. The molecule has 0 saturated heterocycles. The molecule has 7 heteroatoms. The lowest BCUT2D eigenvalue weighted by molar-refractivity contribution is 0.473. The van der Waals surface area contributed by atoms with Crippen LogP contribution in [0.4, 0.5) is 0 Å². The van der Waals surface area contributed by atoms with E-state index in [1.807, 2.05) is 23.9 Å². The molecule has 92 valence electrons. The Morgan fingerprint density at radius 1 is 1.53 bits per heavy atom. The second-order valence-corrected chi connectivity index (χ2v) is 5.05. The van der Waals surface area contributed by atoms with E-state index in [9.17, 15) is 0 Å². The van der Waals surface area contributed by atoms with E-state index in [-0.39, 0.29) is 12.1 Å². The van der Waals surface area contributed by atoms with Crippen molar-refractivity contribution in [1.29, 1.82) is 0 Å². The van der Waals surface area contributed by atoms with Crippen molar-refractivity contribution in [1.82, 2.24) is 20.2 Å². The molecule has 17 heavy (non-hydrogen) atoms. The fourth-order valence-corrected chi connectivity index (χ4v) is 2.52. The third-order valence-corrected chi connectivity index (χ3v) is 3.36. The van der Waals surface area contributed by atoms with Crippen molar-refractivity contribution < 1.29 is 0 Å². The first-order chi connectivity index (χ1) is 8.15. The maximum atomic E-state index is 6.18. The molecule has 0 aliphatic carbocycles. The van der Waals surface area contributed by atoms with Crippen LogP contribution in [0.1, 0.15) is 37.3 Å². The Hall–Kier alpha value is -0.950. The first-order valence-corrected chi connectivity index (χ1v) is 6.54. The van der Waals surface area contributed by atoms with Crippen molar-refractivity contribution in [3.8, 4) is 0 Å². The Morgan fingerprint density at radius 2 is 2.29 bits per heavy atom. The number of nitrogens with zero attached hydrogens (tertiary/aromatic N) is 3. The quantitative estimate of drug-likeness (QED) is 0.660. The van der Waals surface area contributed by atoms with Crippen molar-refractivity contribution in [2.45, 2.75) is 25.9 Å². The highest BCUT2D eigenvalue weighted by molar-refractivity contribution is 7.07. The van der Waals surface area contributed by atoms with Gasteiger partial charge < -0.3 is 0 Å². The van der Waals surface area contributed by atoms with E-state index in [1.165, 1.54) is 11.3 Å². The van der Waals surface area contributed by atoms with Gasteiger partial charge in [-0.2, -0.15) is 5.10 Å². The summed E-state index contributed by atoms with van der Waals surface area (Å²) in [7, 11) is 0. The third-order valence-electron chi connectivity index (χ3n) is 2.46. The van der Waals surface area contributed by atoms with Crippen molar-refractivity contribution >= 4 is 22.9 Å². The average Bonchev–Trinajstić information content (AvgIpc) is 2.91. The average molecular weight is 272 g/mol. The zero-order chi connectivity index (χ0) is 12.4. The highest BCUT2D eigenvalue weighted by Crippen LogP contribution is 2.29. The highest BCUT2D eigenvalue weighted by atomic mass is 35.5.